The monoisotopic (exact) mass is 180 g/mol. The van der Waals surface area contributed by atoms with E-state index >= 15 is 0 Å². The Balaban J connectivity index is 2.65. The summed E-state index contributed by atoms with van der Waals surface area (Å²) in [5.41, 5.74) is 2.72. The Morgan fingerprint density at radius 3 is 2.69 bits per heavy atom. The second kappa shape index (κ2) is 4.45. The molecule has 1 atom stereocenters. The molecule has 1 unspecified atom stereocenters. The molecule has 1 aromatic rings. The lowest BCUT2D eigenvalue weighted by atomic mass is 9.96. The summed E-state index contributed by atoms with van der Waals surface area (Å²) in [5.74, 6) is 0.661. The highest BCUT2D eigenvalue weighted by Gasteiger charge is 2.10. The quantitative estimate of drug-likeness (QED) is 0.696. The van der Waals surface area contributed by atoms with Crippen LogP contribution in [0.1, 0.15) is 50.3 Å². The summed E-state index contributed by atoms with van der Waals surface area (Å²) in [6.45, 7) is 6.67. The number of hydrogen-bond acceptors (Lipinski definition) is 1. The van der Waals surface area contributed by atoms with Crippen molar-refractivity contribution in [2.75, 3.05) is 0 Å². The standard InChI is InChI=1S/C11H20N2/c1-5-6-7-9(2)11-8-12-13(4)10(11)3/h8-9H,5-7H2,1-4H3. The molecule has 0 aliphatic rings. The van der Waals surface area contributed by atoms with Crippen molar-refractivity contribution >= 4 is 0 Å². The number of nitrogens with zero attached hydrogens (tertiary/aromatic N) is 2. The predicted octanol–water partition coefficient (Wildman–Crippen LogP) is 3.02. The van der Waals surface area contributed by atoms with Gasteiger partial charge in [-0.05, 0) is 24.8 Å². The van der Waals surface area contributed by atoms with Gasteiger partial charge < -0.3 is 0 Å². The van der Waals surface area contributed by atoms with Crippen molar-refractivity contribution in [3.63, 3.8) is 0 Å². The first kappa shape index (κ1) is 10.3. The van der Waals surface area contributed by atoms with Gasteiger partial charge >= 0.3 is 0 Å². The van der Waals surface area contributed by atoms with Crippen LogP contribution in [0.15, 0.2) is 6.20 Å². The van der Waals surface area contributed by atoms with E-state index in [9.17, 15) is 0 Å². The lowest BCUT2D eigenvalue weighted by molar-refractivity contribution is 0.619. The van der Waals surface area contributed by atoms with Crippen molar-refractivity contribution in [3.8, 4) is 0 Å². The van der Waals surface area contributed by atoms with Gasteiger partial charge in [0.25, 0.3) is 0 Å². The maximum absolute atomic E-state index is 4.26. The molecule has 0 N–H and O–H groups in total. The van der Waals surface area contributed by atoms with Gasteiger partial charge in [-0.1, -0.05) is 26.7 Å². The van der Waals surface area contributed by atoms with E-state index in [1.165, 1.54) is 30.5 Å². The van der Waals surface area contributed by atoms with Crippen LogP contribution in [0.2, 0.25) is 0 Å². The van der Waals surface area contributed by atoms with Crippen LogP contribution in [-0.4, -0.2) is 9.78 Å². The van der Waals surface area contributed by atoms with E-state index in [-0.39, 0.29) is 0 Å². The highest BCUT2D eigenvalue weighted by atomic mass is 15.3. The van der Waals surface area contributed by atoms with E-state index in [0.29, 0.717) is 5.92 Å². The van der Waals surface area contributed by atoms with Crippen LogP contribution in [0.3, 0.4) is 0 Å². The molecule has 0 spiro atoms. The average Bonchev–Trinajstić information content (AvgIpc) is 2.44. The Morgan fingerprint density at radius 1 is 1.54 bits per heavy atom. The van der Waals surface area contributed by atoms with E-state index in [1.807, 2.05) is 17.9 Å². The van der Waals surface area contributed by atoms with Gasteiger partial charge in [-0.15, -0.1) is 0 Å². The van der Waals surface area contributed by atoms with E-state index in [1.54, 1.807) is 0 Å². The second-order valence-electron chi connectivity index (χ2n) is 3.85. The van der Waals surface area contributed by atoms with Crippen LogP contribution in [0.25, 0.3) is 0 Å². The fraction of sp³-hybridized carbons (Fsp3) is 0.727. The van der Waals surface area contributed by atoms with Crippen LogP contribution in [-0.2, 0) is 7.05 Å². The van der Waals surface area contributed by atoms with Crippen molar-refractivity contribution in [2.24, 2.45) is 7.05 Å². The molecule has 1 heterocycles. The van der Waals surface area contributed by atoms with Gasteiger partial charge in [0, 0.05) is 12.7 Å². The van der Waals surface area contributed by atoms with Crippen molar-refractivity contribution in [3.05, 3.63) is 17.5 Å². The van der Waals surface area contributed by atoms with Crippen LogP contribution in [0.4, 0.5) is 0 Å². The minimum atomic E-state index is 0.661. The molecule has 2 heteroatoms. The zero-order valence-electron chi connectivity index (χ0n) is 9.17. The molecule has 0 aromatic carbocycles. The third-order valence-electron chi connectivity index (χ3n) is 2.79. The molecule has 0 bridgehead atoms. The van der Waals surface area contributed by atoms with Crippen LogP contribution in [0, 0.1) is 6.92 Å². The number of aryl methyl sites for hydroxylation is 1. The lowest BCUT2D eigenvalue weighted by Gasteiger charge is -2.09. The molecule has 13 heavy (non-hydrogen) atoms. The average molecular weight is 180 g/mol. The highest BCUT2D eigenvalue weighted by molar-refractivity contribution is 5.20. The first-order valence-electron chi connectivity index (χ1n) is 5.15. The van der Waals surface area contributed by atoms with Crippen molar-refractivity contribution < 1.29 is 0 Å². The summed E-state index contributed by atoms with van der Waals surface area (Å²) in [6.07, 6.45) is 5.89. The van der Waals surface area contributed by atoms with Gasteiger partial charge in [0.15, 0.2) is 0 Å². The smallest absolute Gasteiger partial charge is 0.0527 e. The molecule has 1 rings (SSSR count). The molecular weight excluding hydrogens is 160 g/mol. The summed E-state index contributed by atoms with van der Waals surface area (Å²) in [7, 11) is 2.01. The zero-order valence-corrected chi connectivity index (χ0v) is 9.17. The zero-order chi connectivity index (χ0) is 9.84. The Bertz CT molecular complexity index is 263. The number of hydrogen-bond donors (Lipinski definition) is 0. The summed E-state index contributed by atoms with van der Waals surface area (Å²) in [4.78, 5) is 0. The summed E-state index contributed by atoms with van der Waals surface area (Å²) < 4.78 is 1.96. The van der Waals surface area contributed by atoms with Crippen molar-refractivity contribution in [1.29, 1.82) is 0 Å². The molecule has 0 saturated carbocycles. The Kier molecular flexibility index (Phi) is 3.52. The van der Waals surface area contributed by atoms with Gasteiger partial charge in [0.1, 0.15) is 0 Å². The lowest BCUT2D eigenvalue weighted by Crippen LogP contribution is -1.97. The minimum Gasteiger partial charge on any atom is -0.273 e. The second-order valence-corrected chi connectivity index (χ2v) is 3.85. The normalized spacial score (nSPS) is 13.2. The molecule has 0 saturated heterocycles. The fourth-order valence-corrected chi connectivity index (χ4v) is 1.67. The Morgan fingerprint density at radius 2 is 2.23 bits per heavy atom. The molecule has 0 amide bonds. The molecular formula is C11H20N2. The van der Waals surface area contributed by atoms with Crippen molar-refractivity contribution in [2.45, 2.75) is 46.0 Å². The van der Waals surface area contributed by atoms with E-state index in [0.717, 1.165) is 0 Å². The number of aromatic nitrogens is 2. The maximum atomic E-state index is 4.26. The van der Waals surface area contributed by atoms with E-state index in [4.69, 9.17) is 0 Å². The van der Waals surface area contributed by atoms with Gasteiger partial charge in [-0.25, -0.2) is 0 Å². The molecule has 0 aliphatic heterocycles. The largest absolute Gasteiger partial charge is 0.273 e. The molecule has 74 valence electrons. The molecule has 2 nitrogen and oxygen atoms in total. The SMILES string of the molecule is CCCCC(C)c1cnn(C)c1C. The molecule has 0 radical (unpaired) electrons. The van der Waals surface area contributed by atoms with Crippen LogP contribution < -0.4 is 0 Å². The minimum absolute atomic E-state index is 0.661. The van der Waals surface area contributed by atoms with Crippen molar-refractivity contribution in [1.82, 2.24) is 9.78 Å². The first-order chi connectivity index (χ1) is 6.16. The van der Waals surface area contributed by atoms with E-state index in [2.05, 4.69) is 25.9 Å². The number of unbranched alkanes of at least 4 members (excludes halogenated alkanes) is 1. The van der Waals surface area contributed by atoms with Crippen LogP contribution >= 0.6 is 0 Å². The fourth-order valence-electron chi connectivity index (χ4n) is 1.67. The topological polar surface area (TPSA) is 17.8 Å². The maximum Gasteiger partial charge on any atom is 0.0527 e. The summed E-state index contributed by atoms with van der Waals surface area (Å²) >= 11 is 0. The van der Waals surface area contributed by atoms with E-state index < -0.39 is 0 Å². The third-order valence-corrected chi connectivity index (χ3v) is 2.79. The Labute approximate surface area is 81.0 Å². The third kappa shape index (κ3) is 2.33. The molecule has 0 aliphatic carbocycles. The highest BCUT2D eigenvalue weighted by Crippen LogP contribution is 2.23. The molecule has 0 fully saturated rings. The predicted molar refractivity (Wildman–Crippen MR) is 55.9 cm³/mol. The van der Waals surface area contributed by atoms with Gasteiger partial charge in [0.2, 0.25) is 0 Å². The van der Waals surface area contributed by atoms with Gasteiger partial charge in [-0.2, -0.15) is 5.10 Å². The van der Waals surface area contributed by atoms with Gasteiger partial charge in [0.05, 0.1) is 6.20 Å². The summed E-state index contributed by atoms with van der Waals surface area (Å²) in [6, 6.07) is 0. The Hall–Kier alpha value is -0.790. The summed E-state index contributed by atoms with van der Waals surface area (Å²) in [5, 5.41) is 4.26. The van der Waals surface area contributed by atoms with Gasteiger partial charge in [-0.3, -0.25) is 4.68 Å². The van der Waals surface area contributed by atoms with Crippen LogP contribution in [0.5, 0.6) is 0 Å². The number of rotatable bonds is 4. The first-order valence-corrected chi connectivity index (χ1v) is 5.15. The molecule has 1 aromatic heterocycles.